The zero-order valence-corrected chi connectivity index (χ0v) is 10.4. The fourth-order valence-corrected chi connectivity index (χ4v) is 1.65. The van der Waals surface area contributed by atoms with Crippen molar-refractivity contribution in [3.8, 4) is 5.75 Å². The van der Waals surface area contributed by atoms with E-state index in [9.17, 15) is 4.79 Å². The van der Waals surface area contributed by atoms with Crippen LogP contribution in [0.4, 0.5) is 5.69 Å². The van der Waals surface area contributed by atoms with Crippen molar-refractivity contribution in [3.63, 3.8) is 0 Å². The Morgan fingerprint density at radius 3 is 2.76 bits per heavy atom. The maximum absolute atomic E-state index is 11.1. The van der Waals surface area contributed by atoms with Crippen molar-refractivity contribution >= 4 is 11.6 Å². The number of nitrogen functional groups attached to an aromatic ring is 1. The third-order valence-electron chi connectivity index (χ3n) is 2.61. The van der Waals surface area contributed by atoms with Gasteiger partial charge in [-0.05, 0) is 30.5 Å². The molecule has 0 aromatic heterocycles. The van der Waals surface area contributed by atoms with Crippen LogP contribution in [0.15, 0.2) is 18.2 Å². The number of hydrogen-bond acceptors (Lipinski definition) is 3. The van der Waals surface area contributed by atoms with E-state index in [1.807, 2.05) is 0 Å². The minimum atomic E-state index is -0.533. The van der Waals surface area contributed by atoms with Gasteiger partial charge in [0.05, 0.1) is 12.2 Å². The van der Waals surface area contributed by atoms with Crippen molar-refractivity contribution < 1.29 is 9.53 Å². The monoisotopic (exact) mass is 236 g/mol. The molecule has 1 rings (SSSR count). The van der Waals surface area contributed by atoms with Crippen molar-refractivity contribution in [2.24, 2.45) is 11.7 Å². The Bertz CT molecular complexity index is 391. The Morgan fingerprint density at radius 1 is 1.47 bits per heavy atom. The predicted octanol–water partition coefficient (Wildman–Crippen LogP) is 2.18. The molecular formula is C13H20N2O2. The highest BCUT2D eigenvalue weighted by Crippen LogP contribution is 2.20. The Morgan fingerprint density at radius 2 is 2.18 bits per heavy atom. The molecular weight excluding hydrogens is 216 g/mol. The summed E-state index contributed by atoms with van der Waals surface area (Å²) in [6, 6.07) is 4.98. The third-order valence-corrected chi connectivity index (χ3v) is 2.61. The van der Waals surface area contributed by atoms with Gasteiger partial charge in [-0.1, -0.05) is 20.3 Å². The average Bonchev–Trinajstić information content (AvgIpc) is 2.28. The van der Waals surface area contributed by atoms with E-state index in [-0.39, 0.29) is 0 Å². The molecule has 1 atom stereocenters. The van der Waals surface area contributed by atoms with Crippen molar-refractivity contribution in [2.75, 3.05) is 12.3 Å². The van der Waals surface area contributed by atoms with Crippen molar-refractivity contribution in [2.45, 2.75) is 26.7 Å². The summed E-state index contributed by atoms with van der Waals surface area (Å²) in [6.07, 6.45) is 2.26. The molecule has 0 saturated heterocycles. The molecule has 0 aliphatic carbocycles. The van der Waals surface area contributed by atoms with Crippen molar-refractivity contribution in [1.82, 2.24) is 0 Å². The van der Waals surface area contributed by atoms with Gasteiger partial charge in [0, 0.05) is 5.69 Å². The molecule has 1 aromatic carbocycles. The second kappa shape index (κ2) is 6.13. The van der Waals surface area contributed by atoms with E-state index in [1.165, 1.54) is 0 Å². The van der Waals surface area contributed by atoms with Gasteiger partial charge in [-0.15, -0.1) is 0 Å². The largest absolute Gasteiger partial charge is 0.493 e. The molecule has 1 unspecified atom stereocenters. The molecule has 4 nitrogen and oxygen atoms in total. The van der Waals surface area contributed by atoms with Crippen LogP contribution >= 0.6 is 0 Å². The number of hydrogen-bond donors (Lipinski definition) is 2. The van der Waals surface area contributed by atoms with Gasteiger partial charge in [0.2, 0.25) is 0 Å². The van der Waals surface area contributed by atoms with Gasteiger partial charge in [0.25, 0.3) is 5.91 Å². The number of anilines is 1. The molecule has 1 aromatic rings. The quantitative estimate of drug-likeness (QED) is 0.743. The second-order valence-corrected chi connectivity index (χ2v) is 4.32. The van der Waals surface area contributed by atoms with Crippen LogP contribution in [0.1, 0.15) is 37.0 Å². The van der Waals surface area contributed by atoms with Gasteiger partial charge in [0.15, 0.2) is 0 Å². The standard InChI is InChI=1S/C13H20N2O2/c1-3-4-9(2)8-17-10-5-6-12(14)11(7-10)13(15)16/h5-7,9H,3-4,8,14H2,1-2H3,(H2,15,16). The molecule has 17 heavy (non-hydrogen) atoms. The number of carbonyl (C=O) groups is 1. The number of carbonyl (C=O) groups excluding carboxylic acids is 1. The lowest BCUT2D eigenvalue weighted by atomic mass is 10.1. The predicted molar refractivity (Wildman–Crippen MR) is 68.9 cm³/mol. The lowest BCUT2D eigenvalue weighted by Crippen LogP contribution is -2.14. The Kier molecular flexibility index (Phi) is 4.82. The summed E-state index contributed by atoms with van der Waals surface area (Å²) in [5, 5.41) is 0. The first-order chi connectivity index (χ1) is 8.04. The molecule has 0 heterocycles. The minimum absolute atomic E-state index is 0.311. The van der Waals surface area contributed by atoms with E-state index in [2.05, 4.69) is 13.8 Å². The normalized spacial score (nSPS) is 12.1. The summed E-state index contributed by atoms with van der Waals surface area (Å²) in [7, 11) is 0. The summed E-state index contributed by atoms with van der Waals surface area (Å²) in [4.78, 5) is 11.1. The molecule has 0 bridgehead atoms. The van der Waals surface area contributed by atoms with Crippen LogP contribution in [0.5, 0.6) is 5.75 Å². The lowest BCUT2D eigenvalue weighted by molar-refractivity contribution is 0.100. The molecule has 0 saturated carbocycles. The van der Waals surface area contributed by atoms with E-state index < -0.39 is 5.91 Å². The zero-order chi connectivity index (χ0) is 12.8. The number of nitrogens with two attached hydrogens (primary N) is 2. The van der Waals surface area contributed by atoms with Crippen LogP contribution in [0.25, 0.3) is 0 Å². The lowest BCUT2D eigenvalue weighted by Gasteiger charge is -2.13. The fraction of sp³-hybridized carbons (Fsp3) is 0.462. The second-order valence-electron chi connectivity index (χ2n) is 4.32. The SMILES string of the molecule is CCCC(C)COc1ccc(N)c(C(N)=O)c1. The molecule has 0 spiro atoms. The van der Waals surface area contributed by atoms with Gasteiger partial charge in [-0.2, -0.15) is 0 Å². The Balaban J connectivity index is 2.66. The number of ether oxygens (including phenoxy) is 1. The summed E-state index contributed by atoms with van der Waals surface area (Å²) in [6.45, 7) is 4.91. The van der Waals surface area contributed by atoms with Crippen LogP contribution in [-0.2, 0) is 0 Å². The Hall–Kier alpha value is -1.71. The molecule has 4 heteroatoms. The van der Waals surface area contributed by atoms with E-state index in [0.29, 0.717) is 29.5 Å². The molecule has 0 aliphatic heterocycles. The summed E-state index contributed by atoms with van der Waals surface area (Å²) >= 11 is 0. The first kappa shape index (κ1) is 13.4. The Labute approximate surface area is 102 Å². The summed E-state index contributed by atoms with van der Waals surface area (Å²) in [5.41, 5.74) is 11.5. The van der Waals surface area contributed by atoms with Gasteiger partial charge < -0.3 is 16.2 Å². The maximum atomic E-state index is 11.1. The summed E-state index contributed by atoms with van der Waals surface area (Å²) < 4.78 is 5.60. The van der Waals surface area contributed by atoms with E-state index in [0.717, 1.165) is 12.8 Å². The van der Waals surface area contributed by atoms with E-state index in [1.54, 1.807) is 18.2 Å². The van der Waals surface area contributed by atoms with Crippen LogP contribution in [-0.4, -0.2) is 12.5 Å². The smallest absolute Gasteiger partial charge is 0.250 e. The van der Waals surface area contributed by atoms with Crippen molar-refractivity contribution in [1.29, 1.82) is 0 Å². The van der Waals surface area contributed by atoms with Crippen LogP contribution in [0.2, 0.25) is 0 Å². The average molecular weight is 236 g/mol. The van der Waals surface area contributed by atoms with E-state index in [4.69, 9.17) is 16.2 Å². The number of primary amides is 1. The molecule has 1 amide bonds. The van der Waals surface area contributed by atoms with Gasteiger partial charge in [-0.3, -0.25) is 4.79 Å². The van der Waals surface area contributed by atoms with E-state index >= 15 is 0 Å². The molecule has 0 fully saturated rings. The first-order valence-electron chi connectivity index (χ1n) is 5.86. The van der Waals surface area contributed by atoms with Gasteiger partial charge in [0.1, 0.15) is 5.75 Å². The summed E-state index contributed by atoms with van der Waals surface area (Å²) in [5.74, 6) is 0.597. The van der Waals surface area contributed by atoms with Gasteiger partial charge >= 0.3 is 0 Å². The zero-order valence-electron chi connectivity index (χ0n) is 10.4. The first-order valence-corrected chi connectivity index (χ1v) is 5.86. The number of amides is 1. The van der Waals surface area contributed by atoms with Crippen LogP contribution in [0.3, 0.4) is 0 Å². The molecule has 4 N–H and O–H groups in total. The number of benzene rings is 1. The molecule has 94 valence electrons. The molecule has 0 radical (unpaired) electrons. The minimum Gasteiger partial charge on any atom is -0.493 e. The number of rotatable bonds is 6. The highest BCUT2D eigenvalue weighted by molar-refractivity contribution is 5.98. The highest BCUT2D eigenvalue weighted by atomic mass is 16.5. The fourth-order valence-electron chi connectivity index (χ4n) is 1.65. The topological polar surface area (TPSA) is 78.3 Å². The third kappa shape index (κ3) is 3.98. The maximum Gasteiger partial charge on any atom is 0.250 e. The van der Waals surface area contributed by atoms with Gasteiger partial charge in [-0.25, -0.2) is 0 Å². The van der Waals surface area contributed by atoms with Crippen molar-refractivity contribution in [3.05, 3.63) is 23.8 Å². The highest BCUT2D eigenvalue weighted by Gasteiger charge is 2.08. The van der Waals surface area contributed by atoms with Crippen LogP contribution < -0.4 is 16.2 Å². The molecule has 0 aliphatic rings. The van der Waals surface area contributed by atoms with Crippen LogP contribution in [0, 0.1) is 5.92 Å².